The number of benzene rings is 2. The minimum absolute atomic E-state index is 0.0863. The molecule has 0 radical (unpaired) electrons. The summed E-state index contributed by atoms with van der Waals surface area (Å²) < 4.78 is 11.5. The lowest BCUT2D eigenvalue weighted by Gasteiger charge is -2.16. The lowest BCUT2D eigenvalue weighted by Crippen LogP contribution is -2.25. The van der Waals surface area contributed by atoms with Gasteiger partial charge in [-0.3, -0.25) is 14.6 Å². The molecule has 1 N–H and O–H groups in total. The van der Waals surface area contributed by atoms with Gasteiger partial charge in [-0.15, -0.1) is 0 Å². The van der Waals surface area contributed by atoms with Crippen molar-refractivity contribution < 1.29 is 24.2 Å². The molecule has 0 saturated carbocycles. The number of aryl methyl sites for hydroxylation is 1. The van der Waals surface area contributed by atoms with Crippen LogP contribution >= 0.6 is 11.6 Å². The highest BCUT2D eigenvalue weighted by atomic mass is 35.5. The van der Waals surface area contributed by atoms with Gasteiger partial charge in [0.1, 0.15) is 12.4 Å². The monoisotopic (exact) mass is 536 g/mol. The standard InChI is InChI=1S/C30H33ClN2O5/c1-2-37-28(18-30(35)36)22-9-12-25(13-10-22)38-20-21-7-14-27(31)26(17-21)23-8-11-24(32-19-23)5-3-15-33-16-4-6-29(33)34/h7-14,17,19,28H,2-6,15-16,18,20H2,1H3,(H,35,36)/t28-/m0/s1. The van der Waals surface area contributed by atoms with Crippen LogP contribution in [0.1, 0.15) is 55.5 Å². The Kier molecular flexibility index (Phi) is 9.73. The van der Waals surface area contributed by atoms with Gasteiger partial charge in [-0.25, -0.2) is 0 Å². The number of hydrogen-bond acceptors (Lipinski definition) is 5. The Hall–Kier alpha value is -3.42. The third-order valence-corrected chi connectivity index (χ3v) is 6.91. The minimum atomic E-state index is -0.901. The van der Waals surface area contributed by atoms with E-state index in [1.54, 1.807) is 0 Å². The van der Waals surface area contributed by atoms with E-state index in [-0.39, 0.29) is 12.3 Å². The molecule has 1 aromatic heterocycles. The van der Waals surface area contributed by atoms with E-state index in [4.69, 9.17) is 26.2 Å². The zero-order chi connectivity index (χ0) is 26.9. The van der Waals surface area contributed by atoms with Gasteiger partial charge in [-0.1, -0.05) is 35.9 Å². The van der Waals surface area contributed by atoms with Crippen molar-refractivity contribution in [2.24, 2.45) is 0 Å². The number of amides is 1. The van der Waals surface area contributed by atoms with E-state index in [9.17, 15) is 9.59 Å². The van der Waals surface area contributed by atoms with Gasteiger partial charge in [-0.2, -0.15) is 0 Å². The van der Waals surface area contributed by atoms with E-state index in [0.29, 0.717) is 30.4 Å². The number of nitrogens with zero attached hydrogens (tertiary/aromatic N) is 2. The molecule has 0 bridgehead atoms. The highest BCUT2D eigenvalue weighted by molar-refractivity contribution is 6.33. The first kappa shape index (κ1) is 27.6. The van der Waals surface area contributed by atoms with Crippen molar-refractivity contribution in [2.45, 2.75) is 51.7 Å². The Balaban J connectivity index is 1.34. The van der Waals surface area contributed by atoms with Crippen LogP contribution in [0, 0.1) is 0 Å². The summed E-state index contributed by atoms with van der Waals surface area (Å²) in [5, 5.41) is 9.76. The predicted octanol–water partition coefficient (Wildman–Crippen LogP) is 6.09. The Morgan fingerprint density at radius 3 is 2.63 bits per heavy atom. The molecule has 7 nitrogen and oxygen atoms in total. The smallest absolute Gasteiger partial charge is 0.306 e. The molecule has 200 valence electrons. The fraction of sp³-hybridized carbons (Fsp3) is 0.367. The second kappa shape index (κ2) is 13.4. The van der Waals surface area contributed by atoms with Crippen LogP contribution in [0.5, 0.6) is 5.75 Å². The van der Waals surface area contributed by atoms with Gasteiger partial charge in [-0.05, 0) is 67.6 Å². The van der Waals surface area contributed by atoms with Gasteiger partial charge < -0.3 is 19.5 Å². The lowest BCUT2D eigenvalue weighted by atomic mass is 10.0. The Morgan fingerprint density at radius 1 is 1.16 bits per heavy atom. The summed E-state index contributed by atoms with van der Waals surface area (Å²) in [5.74, 6) is 0.0367. The number of aromatic nitrogens is 1. The lowest BCUT2D eigenvalue weighted by molar-refractivity contribution is -0.140. The maximum absolute atomic E-state index is 11.8. The van der Waals surface area contributed by atoms with Crippen molar-refractivity contribution >= 4 is 23.5 Å². The summed E-state index contributed by atoms with van der Waals surface area (Å²) in [7, 11) is 0. The number of carbonyl (C=O) groups is 2. The first-order valence-electron chi connectivity index (χ1n) is 13.0. The number of carboxylic acids is 1. The Bertz CT molecular complexity index is 1230. The van der Waals surface area contributed by atoms with Gasteiger partial charge in [0.15, 0.2) is 0 Å². The first-order chi connectivity index (χ1) is 18.4. The van der Waals surface area contributed by atoms with Crippen molar-refractivity contribution in [3.8, 4) is 16.9 Å². The quantitative estimate of drug-likeness (QED) is 0.284. The second-order valence-electron chi connectivity index (χ2n) is 9.34. The van der Waals surface area contributed by atoms with E-state index >= 15 is 0 Å². The summed E-state index contributed by atoms with van der Waals surface area (Å²) in [6, 6.07) is 17.2. The summed E-state index contributed by atoms with van der Waals surface area (Å²) in [5.41, 5.74) is 4.58. The fourth-order valence-electron chi connectivity index (χ4n) is 4.58. The van der Waals surface area contributed by atoms with Crippen molar-refractivity contribution in [2.75, 3.05) is 19.7 Å². The molecule has 0 spiro atoms. The highest BCUT2D eigenvalue weighted by Gasteiger charge is 2.19. The van der Waals surface area contributed by atoms with E-state index in [2.05, 4.69) is 4.98 Å². The molecule has 38 heavy (non-hydrogen) atoms. The van der Waals surface area contributed by atoms with Crippen LogP contribution in [0.4, 0.5) is 0 Å². The largest absolute Gasteiger partial charge is 0.489 e. The van der Waals surface area contributed by atoms with Gasteiger partial charge >= 0.3 is 5.97 Å². The van der Waals surface area contributed by atoms with Gasteiger partial charge in [0.05, 0.1) is 12.5 Å². The number of carbonyl (C=O) groups excluding carboxylic acids is 1. The van der Waals surface area contributed by atoms with Crippen LogP contribution < -0.4 is 4.74 Å². The Labute approximate surface area is 228 Å². The average Bonchev–Trinajstić information content (AvgIpc) is 3.33. The average molecular weight is 537 g/mol. The van der Waals surface area contributed by atoms with Gasteiger partial charge in [0.2, 0.25) is 5.91 Å². The Morgan fingerprint density at radius 2 is 1.97 bits per heavy atom. The summed E-state index contributed by atoms with van der Waals surface area (Å²) >= 11 is 6.51. The number of likely N-dealkylation sites (tertiary alicyclic amines) is 1. The van der Waals surface area contributed by atoms with Crippen LogP contribution in [0.2, 0.25) is 5.02 Å². The molecule has 1 atom stereocenters. The third-order valence-electron chi connectivity index (χ3n) is 6.58. The number of halogens is 1. The van der Waals surface area contributed by atoms with Crippen LogP contribution in [0.25, 0.3) is 11.1 Å². The number of hydrogen-bond donors (Lipinski definition) is 1. The maximum Gasteiger partial charge on any atom is 0.306 e. The van der Waals surface area contributed by atoms with Crippen LogP contribution in [0.15, 0.2) is 60.8 Å². The molecule has 2 aromatic carbocycles. The van der Waals surface area contributed by atoms with Gasteiger partial charge in [0, 0.05) is 54.2 Å². The second-order valence-corrected chi connectivity index (χ2v) is 9.75. The molecular weight excluding hydrogens is 504 g/mol. The maximum atomic E-state index is 11.8. The SMILES string of the molecule is CCO[C@@H](CC(=O)O)c1ccc(OCc2ccc(Cl)c(-c3ccc(CCCN4CCCC4=O)nc3)c2)cc1. The zero-order valence-corrected chi connectivity index (χ0v) is 22.3. The topological polar surface area (TPSA) is 89.0 Å². The van der Waals surface area contributed by atoms with Gasteiger partial charge in [0.25, 0.3) is 0 Å². The highest BCUT2D eigenvalue weighted by Crippen LogP contribution is 2.30. The molecule has 4 rings (SSSR count). The summed E-state index contributed by atoms with van der Waals surface area (Å²) in [6.07, 6.45) is 4.63. The zero-order valence-electron chi connectivity index (χ0n) is 21.6. The summed E-state index contributed by atoms with van der Waals surface area (Å²) in [4.78, 5) is 29.4. The number of pyridine rings is 1. The summed E-state index contributed by atoms with van der Waals surface area (Å²) in [6.45, 7) is 4.30. The van der Waals surface area contributed by atoms with E-state index in [1.165, 1.54) is 0 Å². The molecule has 1 saturated heterocycles. The molecule has 0 aliphatic carbocycles. The van der Waals surface area contributed by atoms with E-state index in [1.807, 2.05) is 72.6 Å². The molecule has 1 fully saturated rings. The van der Waals surface area contributed by atoms with Crippen molar-refractivity contribution in [3.63, 3.8) is 0 Å². The van der Waals surface area contributed by atoms with Crippen molar-refractivity contribution in [1.82, 2.24) is 9.88 Å². The number of rotatable bonds is 13. The normalized spacial score (nSPS) is 14.1. The molecule has 8 heteroatoms. The van der Waals surface area contributed by atoms with Crippen molar-refractivity contribution in [3.05, 3.63) is 82.6 Å². The first-order valence-corrected chi connectivity index (χ1v) is 13.4. The number of aliphatic carboxylic acids is 1. The van der Waals surface area contributed by atoms with Crippen LogP contribution in [-0.2, 0) is 27.4 Å². The van der Waals surface area contributed by atoms with E-state index in [0.717, 1.165) is 60.3 Å². The van der Waals surface area contributed by atoms with E-state index < -0.39 is 12.1 Å². The fourth-order valence-corrected chi connectivity index (χ4v) is 4.81. The molecule has 2 heterocycles. The number of carboxylic acid groups (broad SMARTS) is 1. The molecule has 1 aliphatic heterocycles. The van der Waals surface area contributed by atoms with Crippen LogP contribution in [0.3, 0.4) is 0 Å². The third kappa shape index (κ3) is 7.55. The molecule has 1 amide bonds. The number of ether oxygens (including phenoxy) is 2. The molecule has 1 aliphatic rings. The minimum Gasteiger partial charge on any atom is -0.489 e. The molecular formula is C30H33ClN2O5. The predicted molar refractivity (Wildman–Crippen MR) is 146 cm³/mol. The van der Waals surface area contributed by atoms with Crippen molar-refractivity contribution in [1.29, 1.82) is 0 Å². The molecule has 0 unspecified atom stereocenters. The molecule has 3 aromatic rings. The van der Waals surface area contributed by atoms with Crippen LogP contribution in [-0.4, -0.2) is 46.6 Å².